The quantitative estimate of drug-likeness (QED) is 0.0585. The van der Waals surface area contributed by atoms with E-state index >= 15 is 0 Å². The first kappa shape index (κ1) is 58.5. The number of hydrogen-bond acceptors (Lipinski definition) is 18. The van der Waals surface area contributed by atoms with E-state index in [-0.39, 0.29) is 33.6 Å². The van der Waals surface area contributed by atoms with Crippen LogP contribution in [0.5, 0.6) is 0 Å². The van der Waals surface area contributed by atoms with Crippen molar-refractivity contribution in [3.05, 3.63) is 249 Å². The molecule has 0 saturated heterocycles. The Labute approximate surface area is 515 Å². The molecule has 0 aliphatic rings. The van der Waals surface area contributed by atoms with Crippen molar-refractivity contribution < 1.29 is 17.6 Å². The van der Waals surface area contributed by atoms with E-state index in [1.54, 1.807) is 61.8 Å². The van der Waals surface area contributed by atoms with Crippen molar-refractivity contribution in [2.45, 2.75) is 45.3 Å². The summed E-state index contributed by atoms with van der Waals surface area (Å²) in [6.45, 7) is 5.57. The lowest BCUT2D eigenvalue weighted by Gasteiger charge is -2.22. The van der Waals surface area contributed by atoms with E-state index in [0.717, 1.165) is 16.7 Å². The van der Waals surface area contributed by atoms with Gasteiger partial charge in [0.05, 0.1) is 75.8 Å². The van der Waals surface area contributed by atoms with E-state index in [4.69, 9.17) is 4.98 Å². The zero-order valence-electron chi connectivity index (χ0n) is 48.6. The van der Waals surface area contributed by atoms with Crippen molar-refractivity contribution in [2.24, 2.45) is 0 Å². The number of imidazole rings is 3. The van der Waals surface area contributed by atoms with Gasteiger partial charge in [-0.2, -0.15) is 0 Å². The zero-order chi connectivity index (χ0) is 63.6. The number of para-hydroxylation sites is 4. The molecule has 24 nitrogen and oxygen atoms in total. The average Bonchev–Trinajstić information content (AvgIpc) is 1.05. The molecule has 3 atom stereocenters. The van der Waals surface area contributed by atoms with Gasteiger partial charge in [0.25, 0.3) is 16.7 Å². The highest BCUT2D eigenvalue weighted by Crippen LogP contribution is 2.30. The fraction of sp³-hybridized carbons (Fsp3) is 0.109. The van der Waals surface area contributed by atoms with Crippen molar-refractivity contribution in [1.29, 1.82) is 0 Å². The van der Waals surface area contributed by atoms with Gasteiger partial charge in [0.1, 0.15) is 87.3 Å². The molecule has 92 heavy (non-hydrogen) atoms. The molecule has 28 heteroatoms. The minimum Gasteiger partial charge on any atom is -0.358 e. The monoisotopic (exact) mass is 1240 g/mol. The summed E-state index contributed by atoms with van der Waals surface area (Å²) in [7, 11) is 0. The molecule has 6 N–H and O–H groups in total. The predicted octanol–water partition coefficient (Wildman–Crippen LogP) is 10.6. The van der Waals surface area contributed by atoms with Crippen LogP contribution in [0.4, 0.5) is 35.0 Å². The smallest absolute Gasteiger partial charge is 0.269 e. The molecule has 0 spiro atoms. The molecule has 0 unspecified atom stereocenters. The first-order valence-corrected chi connectivity index (χ1v) is 28.6. The Kier molecular flexibility index (Phi) is 15.9. The summed E-state index contributed by atoms with van der Waals surface area (Å²) >= 11 is 0. The standard InChI is InChI=1S/C22H18FN7O.C21H15F2N7O.C21H16FN7O/c1-2-15(28-20-18-19(25-11-24-18)26-12-27-20)21-29-16-10-6-9-14(23)17(16)22(31)30(21)13-7-4-3-5-8-13;1-11(28-19-16-18(25-9-24-16)26-10-27-19)20-29-15-8-3-2-5-12(15)21(31)30(20)17-13(22)6-4-7-14(17)23;1-12(27-19-17-18(24-10-23-17)25-11-26-19)20-28-16-8-7-13(22)9-15(16)21(30)29(20)14-5-3-2-4-6-14/h3-12,15H,2H2,1H3,(H2,24,25,26,27,28);2-11H,1H3,(H2,24,25,26,27,28);2-12H,1H3,(H2,23,24,25,26,27)/t15-;11-;12-/m000/s1. The molecule has 15 rings (SSSR count). The third-order valence-corrected chi connectivity index (χ3v) is 14.9. The van der Waals surface area contributed by atoms with E-state index in [1.807, 2.05) is 62.4 Å². The van der Waals surface area contributed by atoms with Gasteiger partial charge in [0.2, 0.25) is 0 Å². The number of fused-ring (bicyclic) bond motifs is 6. The summed E-state index contributed by atoms with van der Waals surface area (Å²) in [4.78, 5) is 100. The number of nitrogens with zero attached hydrogens (tertiary/aromatic N) is 15. The van der Waals surface area contributed by atoms with Crippen molar-refractivity contribution in [3.63, 3.8) is 0 Å². The van der Waals surface area contributed by atoms with E-state index in [2.05, 4.69) is 85.7 Å². The van der Waals surface area contributed by atoms with Gasteiger partial charge in [-0.1, -0.05) is 67.6 Å². The molecule has 0 aliphatic heterocycles. The summed E-state index contributed by atoms with van der Waals surface area (Å²) in [6, 6.07) is 35.3. The fourth-order valence-electron chi connectivity index (χ4n) is 10.6. The minimum atomic E-state index is -0.870. The lowest BCUT2D eigenvalue weighted by Crippen LogP contribution is -2.28. The highest BCUT2D eigenvalue weighted by molar-refractivity contribution is 5.85. The fourth-order valence-corrected chi connectivity index (χ4v) is 10.6. The highest BCUT2D eigenvalue weighted by atomic mass is 19.1. The molecule has 9 aromatic heterocycles. The lowest BCUT2D eigenvalue weighted by atomic mass is 10.1. The molecule has 0 amide bonds. The number of H-pyrrole nitrogens is 3. The summed E-state index contributed by atoms with van der Waals surface area (Å²) in [5, 5.41) is 10.2. The lowest BCUT2D eigenvalue weighted by molar-refractivity contribution is 0.558. The SMILES string of the molecule is CC[C@H](Nc1ncnc2nc[nH]c12)c1nc2cccc(F)c2c(=O)n1-c1ccccc1.C[C@H](Nc1ncnc2nc[nH]c12)c1nc2ccc(F)cc2c(=O)n1-c1ccccc1.C[C@H](Nc1ncnc2nc[nH]c12)c1nc2ccccc2c(=O)n1-c1c(F)cccc1F. The van der Waals surface area contributed by atoms with Gasteiger partial charge in [0.15, 0.2) is 34.4 Å². The molecule has 456 valence electrons. The van der Waals surface area contributed by atoms with E-state index in [9.17, 15) is 31.9 Å². The molecule has 15 aromatic rings. The summed E-state index contributed by atoms with van der Waals surface area (Å²) < 4.78 is 61.6. The predicted molar refractivity (Wildman–Crippen MR) is 338 cm³/mol. The first-order valence-electron chi connectivity index (χ1n) is 28.6. The van der Waals surface area contributed by atoms with Crippen LogP contribution in [-0.4, -0.2) is 88.5 Å². The van der Waals surface area contributed by atoms with Gasteiger partial charge in [-0.15, -0.1) is 0 Å². The molecule has 9 heterocycles. The van der Waals surface area contributed by atoms with Gasteiger partial charge >= 0.3 is 0 Å². The highest BCUT2D eigenvalue weighted by Gasteiger charge is 2.26. The Morgan fingerprint density at radius 1 is 0.435 bits per heavy atom. The number of aromatic amines is 3. The second-order valence-corrected chi connectivity index (χ2v) is 20.7. The zero-order valence-corrected chi connectivity index (χ0v) is 48.6. The molecular formula is C64H49F4N21O3. The molecule has 0 saturated carbocycles. The number of benzene rings is 6. The Morgan fingerprint density at radius 2 is 0.880 bits per heavy atom. The summed E-state index contributed by atoms with van der Waals surface area (Å²) in [6.07, 6.45) is 9.34. The largest absolute Gasteiger partial charge is 0.358 e. The third kappa shape index (κ3) is 11.2. The second-order valence-electron chi connectivity index (χ2n) is 20.7. The molecular weight excluding hydrogens is 1190 g/mol. The van der Waals surface area contributed by atoms with Crippen LogP contribution in [0.15, 0.2) is 192 Å². The Bertz CT molecular complexity index is 5410. The summed E-state index contributed by atoms with van der Waals surface area (Å²) in [5.41, 5.74) is 3.90. The average molecular weight is 1240 g/mol. The molecule has 0 radical (unpaired) electrons. The third-order valence-electron chi connectivity index (χ3n) is 14.9. The Balaban J connectivity index is 0.000000126. The van der Waals surface area contributed by atoms with E-state index in [1.165, 1.54) is 71.1 Å². The van der Waals surface area contributed by atoms with Crippen LogP contribution in [0.3, 0.4) is 0 Å². The van der Waals surface area contributed by atoms with Crippen molar-refractivity contribution in [1.82, 2.24) is 88.5 Å². The van der Waals surface area contributed by atoms with Crippen LogP contribution in [0.1, 0.15) is 62.8 Å². The van der Waals surface area contributed by atoms with Crippen molar-refractivity contribution in [2.75, 3.05) is 16.0 Å². The topological polar surface area (TPSA) is 304 Å². The number of aromatic nitrogens is 18. The molecule has 0 aliphatic carbocycles. The Morgan fingerprint density at radius 3 is 1.43 bits per heavy atom. The maximum Gasteiger partial charge on any atom is 0.269 e. The van der Waals surface area contributed by atoms with E-state index in [0.29, 0.717) is 96.9 Å². The van der Waals surface area contributed by atoms with Crippen LogP contribution >= 0.6 is 0 Å². The van der Waals surface area contributed by atoms with E-state index < -0.39 is 52.2 Å². The number of anilines is 3. The normalized spacial score (nSPS) is 12.3. The maximum absolute atomic E-state index is 14.7. The van der Waals surface area contributed by atoms with Gasteiger partial charge in [-0.05, 0) is 99.1 Å². The van der Waals surface area contributed by atoms with Gasteiger partial charge in [0, 0.05) is 0 Å². The number of rotatable bonds is 13. The van der Waals surface area contributed by atoms with Crippen molar-refractivity contribution in [3.8, 4) is 17.1 Å². The van der Waals surface area contributed by atoms with Gasteiger partial charge < -0.3 is 30.9 Å². The van der Waals surface area contributed by atoms with Gasteiger partial charge in [-0.3, -0.25) is 28.1 Å². The first-order chi connectivity index (χ1) is 44.8. The minimum absolute atomic E-state index is 0.0389. The molecule has 0 fully saturated rings. The molecule has 6 aromatic carbocycles. The number of halogens is 4. The van der Waals surface area contributed by atoms with Crippen LogP contribution in [0, 0.1) is 23.3 Å². The maximum atomic E-state index is 14.7. The van der Waals surface area contributed by atoms with Crippen LogP contribution in [0.2, 0.25) is 0 Å². The van der Waals surface area contributed by atoms with Crippen LogP contribution in [-0.2, 0) is 0 Å². The summed E-state index contributed by atoms with van der Waals surface area (Å²) in [5.74, 6) is -0.266. The van der Waals surface area contributed by atoms with Gasteiger partial charge in [-0.25, -0.2) is 77.4 Å². The van der Waals surface area contributed by atoms with Crippen LogP contribution < -0.4 is 32.6 Å². The number of nitrogens with one attached hydrogen (secondary N) is 6. The van der Waals surface area contributed by atoms with Crippen LogP contribution in [0.25, 0.3) is 83.3 Å². The van der Waals surface area contributed by atoms with Crippen molar-refractivity contribution >= 4 is 83.7 Å². The second kappa shape index (κ2) is 24.9. The number of hydrogen-bond donors (Lipinski definition) is 6. The molecule has 0 bridgehead atoms. The Hall–Kier alpha value is -12.5.